The third-order valence-corrected chi connectivity index (χ3v) is 1.66. The summed E-state index contributed by atoms with van der Waals surface area (Å²) in [6.45, 7) is 5.31. The molecule has 0 fully saturated rings. The molecule has 3 heteroatoms. The van der Waals surface area contributed by atoms with E-state index in [9.17, 15) is 13.2 Å². The van der Waals surface area contributed by atoms with Crippen LogP contribution in [-0.2, 0) is 0 Å². The predicted molar refractivity (Wildman–Crippen MR) is 53.0 cm³/mol. The number of alkyl halides is 3. The maximum atomic E-state index is 11.8. The molecular weight excluding hydrogens is 189 g/mol. The van der Waals surface area contributed by atoms with Crippen molar-refractivity contribution in [3.8, 4) is 0 Å². The zero-order chi connectivity index (χ0) is 11.0. The third-order valence-electron chi connectivity index (χ3n) is 1.66. The van der Waals surface area contributed by atoms with Gasteiger partial charge in [-0.1, -0.05) is 36.5 Å². The molecule has 0 amide bonds. The first kappa shape index (κ1) is 13.0. The highest BCUT2D eigenvalue weighted by Gasteiger charge is 2.25. The molecule has 0 aromatic rings. The van der Waals surface area contributed by atoms with Crippen LogP contribution in [0.25, 0.3) is 0 Å². The smallest absolute Gasteiger partial charge is 0.171 e. The van der Waals surface area contributed by atoms with E-state index in [1.807, 2.05) is 6.92 Å². The molecule has 0 atom stereocenters. The van der Waals surface area contributed by atoms with Crippen molar-refractivity contribution in [2.75, 3.05) is 0 Å². The fourth-order valence-corrected chi connectivity index (χ4v) is 0.949. The van der Waals surface area contributed by atoms with Crippen LogP contribution in [0.4, 0.5) is 13.2 Å². The maximum Gasteiger partial charge on any atom is 0.389 e. The molecular formula is C11H15F3. The van der Waals surface area contributed by atoms with Gasteiger partial charge in [-0.2, -0.15) is 13.2 Å². The SMILES string of the molecule is C=C/C=C\C=C(/C)CCCC(F)(F)F. The van der Waals surface area contributed by atoms with Gasteiger partial charge in [0.15, 0.2) is 0 Å². The summed E-state index contributed by atoms with van der Waals surface area (Å²) >= 11 is 0. The zero-order valence-corrected chi connectivity index (χ0v) is 8.27. The van der Waals surface area contributed by atoms with Gasteiger partial charge in [-0.3, -0.25) is 0 Å². The van der Waals surface area contributed by atoms with Gasteiger partial charge in [0, 0.05) is 6.42 Å². The van der Waals surface area contributed by atoms with Gasteiger partial charge in [-0.25, -0.2) is 0 Å². The summed E-state index contributed by atoms with van der Waals surface area (Å²) in [5.41, 5.74) is 0.951. The van der Waals surface area contributed by atoms with E-state index in [0.717, 1.165) is 5.57 Å². The van der Waals surface area contributed by atoms with Crippen LogP contribution in [0.1, 0.15) is 26.2 Å². The number of halogens is 3. The molecule has 0 aliphatic heterocycles. The van der Waals surface area contributed by atoms with Gasteiger partial charge in [0.25, 0.3) is 0 Å². The van der Waals surface area contributed by atoms with Crippen molar-refractivity contribution < 1.29 is 13.2 Å². The monoisotopic (exact) mass is 204 g/mol. The Balaban J connectivity index is 3.74. The molecule has 0 aromatic heterocycles. The lowest BCUT2D eigenvalue weighted by Crippen LogP contribution is -2.06. The van der Waals surface area contributed by atoms with E-state index in [1.165, 1.54) is 0 Å². The summed E-state index contributed by atoms with van der Waals surface area (Å²) < 4.78 is 35.3. The Morgan fingerprint density at radius 2 is 1.93 bits per heavy atom. The van der Waals surface area contributed by atoms with Gasteiger partial charge in [0.05, 0.1) is 0 Å². The molecule has 0 rings (SSSR count). The maximum absolute atomic E-state index is 11.8. The second kappa shape index (κ2) is 6.46. The average molecular weight is 204 g/mol. The highest BCUT2D eigenvalue weighted by atomic mass is 19.4. The lowest BCUT2D eigenvalue weighted by molar-refractivity contribution is -0.135. The fourth-order valence-electron chi connectivity index (χ4n) is 0.949. The molecule has 0 aromatic carbocycles. The molecule has 80 valence electrons. The molecule has 0 spiro atoms. The van der Waals surface area contributed by atoms with Crippen molar-refractivity contribution in [1.82, 2.24) is 0 Å². The van der Waals surface area contributed by atoms with Crippen molar-refractivity contribution in [3.05, 3.63) is 36.5 Å². The Hall–Kier alpha value is -0.990. The van der Waals surface area contributed by atoms with Crippen molar-refractivity contribution in [3.63, 3.8) is 0 Å². The Kier molecular flexibility index (Phi) is 6.00. The lowest BCUT2D eigenvalue weighted by atomic mass is 10.1. The molecule has 0 aliphatic rings. The van der Waals surface area contributed by atoms with Gasteiger partial charge < -0.3 is 0 Å². The van der Waals surface area contributed by atoms with Crippen LogP contribution in [0.3, 0.4) is 0 Å². The molecule has 0 bridgehead atoms. The van der Waals surface area contributed by atoms with Crippen molar-refractivity contribution in [2.45, 2.75) is 32.4 Å². The molecule has 14 heavy (non-hydrogen) atoms. The normalized spacial score (nSPS) is 13.6. The zero-order valence-electron chi connectivity index (χ0n) is 8.27. The van der Waals surface area contributed by atoms with Gasteiger partial charge in [0.2, 0.25) is 0 Å². The van der Waals surface area contributed by atoms with Crippen molar-refractivity contribution >= 4 is 0 Å². The molecule has 0 saturated carbocycles. The minimum atomic E-state index is -4.03. The molecule has 0 aliphatic carbocycles. The van der Waals surface area contributed by atoms with E-state index in [0.29, 0.717) is 6.42 Å². The van der Waals surface area contributed by atoms with Gasteiger partial charge in [-0.15, -0.1) is 0 Å². The standard InChI is InChI=1S/C11H15F3/c1-3-4-5-7-10(2)8-6-9-11(12,13)14/h3-5,7H,1,6,8-9H2,2H3/b5-4-,10-7+. The third kappa shape index (κ3) is 9.10. The lowest BCUT2D eigenvalue weighted by Gasteiger charge is -2.05. The fraction of sp³-hybridized carbons (Fsp3) is 0.455. The molecule has 0 nitrogen and oxygen atoms in total. The minimum Gasteiger partial charge on any atom is -0.171 e. The highest BCUT2D eigenvalue weighted by Crippen LogP contribution is 2.23. The van der Waals surface area contributed by atoms with E-state index in [4.69, 9.17) is 0 Å². The van der Waals surface area contributed by atoms with E-state index in [-0.39, 0.29) is 6.42 Å². The number of allylic oxidation sites excluding steroid dienone is 5. The van der Waals surface area contributed by atoms with Crippen LogP contribution >= 0.6 is 0 Å². The number of hydrogen-bond donors (Lipinski definition) is 0. The first-order valence-electron chi connectivity index (χ1n) is 4.47. The Labute approximate surface area is 82.8 Å². The van der Waals surface area contributed by atoms with Crippen LogP contribution in [0.5, 0.6) is 0 Å². The average Bonchev–Trinajstić information content (AvgIpc) is 2.02. The molecule has 0 unspecified atom stereocenters. The largest absolute Gasteiger partial charge is 0.389 e. The van der Waals surface area contributed by atoms with E-state index in [2.05, 4.69) is 6.58 Å². The quantitative estimate of drug-likeness (QED) is 0.582. The van der Waals surface area contributed by atoms with Crippen LogP contribution in [0.15, 0.2) is 36.5 Å². The Morgan fingerprint density at radius 3 is 2.43 bits per heavy atom. The van der Waals surface area contributed by atoms with Gasteiger partial charge in [-0.05, 0) is 19.8 Å². The van der Waals surface area contributed by atoms with Gasteiger partial charge >= 0.3 is 6.18 Å². The number of hydrogen-bond acceptors (Lipinski definition) is 0. The van der Waals surface area contributed by atoms with Gasteiger partial charge in [0.1, 0.15) is 0 Å². The van der Waals surface area contributed by atoms with Crippen LogP contribution < -0.4 is 0 Å². The van der Waals surface area contributed by atoms with Crippen LogP contribution in [0, 0.1) is 0 Å². The van der Waals surface area contributed by atoms with Crippen molar-refractivity contribution in [1.29, 1.82) is 0 Å². The summed E-state index contributed by atoms with van der Waals surface area (Å²) in [5, 5.41) is 0. The minimum absolute atomic E-state index is 0.160. The predicted octanol–water partition coefficient (Wildman–Crippen LogP) is 4.41. The summed E-state index contributed by atoms with van der Waals surface area (Å²) in [7, 11) is 0. The molecule has 0 heterocycles. The molecule has 0 N–H and O–H groups in total. The first-order chi connectivity index (χ1) is 6.45. The molecule has 0 radical (unpaired) electrons. The number of rotatable bonds is 5. The highest BCUT2D eigenvalue weighted by molar-refractivity contribution is 5.13. The van der Waals surface area contributed by atoms with E-state index >= 15 is 0 Å². The van der Waals surface area contributed by atoms with E-state index in [1.54, 1.807) is 24.3 Å². The van der Waals surface area contributed by atoms with E-state index < -0.39 is 12.6 Å². The first-order valence-corrected chi connectivity index (χ1v) is 4.47. The molecule has 0 saturated heterocycles. The second-order valence-corrected chi connectivity index (χ2v) is 3.10. The Morgan fingerprint density at radius 1 is 1.29 bits per heavy atom. The Bertz CT molecular complexity index is 221. The summed E-state index contributed by atoms with van der Waals surface area (Å²) in [5.74, 6) is 0. The van der Waals surface area contributed by atoms with Crippen LogP contribution in [-0.4, -0.2) is 6.18 Å². The van der Waals surface area contributed by atoms with Crippen molar-refractivity contribution in [2.24, 2.45) is 0 Å². The topological polar surface area (TPSA) is 0 Å². The summed E-state index contributed by atoms with van der Waals surface area (Å²) in [6, 6.07) is 0. The van der Waals surface area contributed by atoms with Crippen LogP contribution in [0.2, 0.25) is 0 Å². The second-order valence-electron chi connectivity index (χ2n) is 3.10. The summed E-state index contributed by atoms with van der Waals surface area (Å²) in [4.78, 5) is 0. The summed E-state index contributed by atoms with van der Waals surface area (Å²) in [6.07, 6.45) is 2.86.